The van der Waals surface area contributed by atoms with E-state index in [0.29, 0.717) is 18.8 Å². The minimum atomic E-state index is 0.0225. The lowest BCUT2D eigenvalue weighted by molar-refractivity contribution is -0.122. The predicted molar refractivity (Wildman–Crippen MR) is 87.7 cm³/mol. The summed E-state index contributed by atoms with van der Waals surface area (Å²) < 4.78 is 12.7. The molecule has 126 valence electrons. The van der Waals surface area contributed by atoms with Crippen molar-refractivity contribution < 1.29 is 14.3 Å². The van der Waals surface area contributed by atoms with Gasteiger partial charge < -0.3 is 19.4 Å². The Hall–Kier alpha value is -2.50. The van der Waals surface area contributed by atoms with Gasteiger partial charge in [0.2, 0.25) is 12.7 Å². The number of hydrogen-bond acceptors (Lipinski definition) is 4. The number of aromatic nitrogens is 2. The number of carbonyl (C=O) groups is 1. The third-order valence-electron chi connectivity index (χ3n) is 4.62. The molecule has 0 spiro atoms. The van der Waals surface area contributed by atoms with Crippen molar-refractivity contribution in [2.24, 2.45) is 13.0 Å². The van der Waals surface area contributed by atoms with E-state index >= 15 is 0 Å². The number of amides is 1. The number of ether oxygens (including phenoxy) is 2. The molecule has 2 aromatic rings. The zero-order valence-corrected chi connectivity index (χ0v) is 13.7. The number of hydrogen-bond donors (Lipinski definition) is 1. The van der Waals surface area contributed by atoms with Crippen LogP contribution in [0.1, 0.15) is 36.7 Å². The minimum Gasteiger partial charge on any atom is -0.454 e. The van der Waals surface area contributed by atoms with E-state index in [1.807, 2.05) is 36.0 Å². The summed E-state index contributed by atoms with van der Waals surface area (Å²) in [5.74, 6) is 3.05. The van der Waals surface area contributed by atoms with Gasteiger partial charge in [-0.2, -0.15) is 0 Å². The standard InChI is InChI=1S/C18H21N3O3/c1-21-9-8-19-18(21)17(13-4-5-13)20-16(22)7-3-12-2-6-14-15(10-12)24-11-23-14/h2,6,8-10,13,17H,3-5,7,11H2,1H3,(H,20,22)/t17-/m1/s1. The Morgan fingerprint density at radius 3 is 2.96 bits per heavy atom. The predicted octanol–water partition coefficient (Wildman–Crippen LogP) is 2.35. The van der Waals surface area contributed by atoms with Crippen molar-refractivity contribution >= 4 is 5.91 Å². The lowest BCUT2D eigenvalue weighted by Crippen LogP contribution is -2.31. The van der Waals surface area contributed by atoms with Crippen molar-refractivity contribution in [1.29, 1.82) is 0 Å². The highest BCUT2D eigenvalue weighted by molar-refractivity contribution is 5.76. The third kappa shape index (κ3) is 3.09. The monoisotopic (exact) mass is 327 g/mol. The molecule has 4 rings (SSSR count). The van der Waals surface area contributed by atoms with E-state index in [1.54, 1.807) is 6.20 Å². The fourth-order valence-corrected chi connectivity index (χ4v) is 3.10. The van der Waals surface area contributed by atoms with Gasteiger partial charge in [-0.3, -0.25) is 4.79 Å². The second-order valence-corrected chi connectivity index (χ2v) is 6.47. The second kappa shape index (κ2) is 6.19. The number of carbonyl (C=O) groups excluding carboxylic acids is 1. The molecular formula is C18H21N3O3. The van der Waals surface area contributed by atoms with E-state index in [1.165, 1.54) is 0 Å². The number of rotatable bonds is 6. The minimum absolute atomic E-state index is 0.0225. The van der Waals surface area contributed by atoms with E-state index in [4.69, 9.17) is 9.47 Å². The van der Waals surface area contributed by atoms with Crippen LogP contribution in [0.5, 0.6) is 11.5 Å². The first-order chi connectivity index (χ1) is 11.7. The average Bonchev–Trinajstić information content (AvgIpc) is 3.16. The van der Waals surface area contributed by atoms with Crippen LogP contribution in [0.25, 0.3) is 0 Å². The molecule has 1 N–H and O–H groups in total. The van der Waals surface area contributed by atoms with Crippen LogP contribution in [0.2, 0.25) is 0 Å². The summed E-state index contributed by atoms with van der Waals surface area (Å²) in [5, 5.41) is 3.17. The lowest BCUT2D eigenvalue weighted by Gasteiger charge is -2.18. The molecule has 6 heteroatoms. The Morgan fingerprint density at radius 2 is 2.21 bits per heavy atom. The summed E-state index contributed by atoms with van der Waals surface area (Å²) in [4.78, 5) is 16.8. The molecule has 1 atom stereocenters. The van der Waals surface area contributed by atoms with Crippen molar-refractivity contribution in [3.05, 3.63) is 42.0 Å². The molecule has 24 heavy (non-hydrogen) atoms. The Balaban J connectivity index is 1.36. The highest BCUT2D eigenvalue weighted by Crippen LogP contribution is 2.40. The highest BCUT2D eigenvalue weighted by atomic mass is 16.7. The van der Waals surface area contributed by atoms with Gasteiger partial charge in [0.25, 0.3) is 0 Å². The van der Waals surface area contributed by atoms with Gasteiger partial charge in [0.1, 0.15) is 5.82 Å². The van der Waals surface area contributed by atoms with Gasteiger partial charge in [-0.1, -0.05) is 6.07 Å². The third-order valence-corrected chi connectivity index (χ3v) is 4.62. The zero-order chi connectivity index (χ0) is 16.5. The van der Waals surface area contributed by atoms with Crippen LogP contribution in [0, 0.1) is 5.92 Å². The maximum atomic E-state index is 12.4. The summed E-state index contributed by atoms with van der Waals surface area (Å²) in [6.07, 6.45) is 7.14. The Bertz CT molecular complexity index is 752. The van der Waals surface area contributed by atoms with Crippen molar-refractivity contribution in [3.63, 3.8) is 0 Å². The fourth-order valence-electron chi connectivity index (χ4n) is 3.10. The highest BCUT2D eigenvalue weighted by Gasteiger charge is 2.35. The van der Waals surface area contributed by atoms with Crippen LogP contribution in [0.4, 0.5) is 0 Å². The fraction of sp³-hybridized carbons (Fsp3) is 0.444. The summed E-state index contributed by atoms with van der Waals surface area (Å²) in [5.41, 5.74) is 1.08. The molecule has 1 fully saturated rings. The Kier molecular flexibility index (Phi) is 3.88. The summed E-state index contributed by atoms with van der Waals surface area (Å²) >= 11 is 0. The first-order valence-electron chi connectivity index (χ1n) is 8.36. The number of imidazole rings is 1. The van der Waals surface area contributed by atoms with Crippen LogP contribution < -0.4 is 14.8 Å². The smallest absolute Gasteiger partial charge is 0.231 e. The molecule has 2 aliphatic rings. The molecule has 2 heterocycles. The normalized spacial score (nSPS) is 16.9. The van der Waals surface area contributed by atoms with Gasteiger partial charge in [-0.05, 0) is 42.9 Å². The van der Waals surface area contributed by atoms with E-state index in [-0.39, 0.29) is 18.7 Å². The SMILES string of the molecule is Cn1ccnc1[C@H](NC(=O)CCc1ccc2c(c1)OCO2)C1CC1. The molecule has 1 aliphatic heterocycles. The maximum Gasteiger partial charge on any atom is 0.231 e. The number of nitrogens with one attached hydrogen (secondary N) is 1. The van der Waals surface area contributed by atoms with Crippen molar-refractivity contribution in [3.8, 4) is 11.5 Å². The van der Waals surface area contributed by atoms with Crippen molar-refractivity contribution in [2.45, 2.75) is 31.7 Å². The van der Waals surface area contributed by atoms with Gasteiger partial charge in [-0.25, -0.2) is 4.98 Å². The van der Waals surface area contributed by atoms with Crippen LogP contribution in [0.15, 0.2) is 30.6 Å². The molecule has 0 bridgehead atoms. The van der Waals surface area contributed by atoms with Gasteiger partial charge in [-0.15, -0.1) is 0 Å². The van der Waals surface area contributed by atoms with Crippen molar-refractivity contribution in [1.82, 2.24) is 14.9 Å². The molecule has 1 aromatic carbocycles. The van der Waals surface area contributed by atoms with Crippen LogP contribution in [-0.2, 0) is 18.3 Å². The molecule has 0 unspecified atom stereocenters. The largest absolute Gasteiger partial charge is 0.454 e. The number of benzene rings is 1. The first kappa shape index (κ1) is 15.1. The Morgan fingerprint density at radius 1 is 1.38 bits per heavy atom. The summed E-state index contributed by atoms with van der Waals surface area (Å²) in [6.45, 7) is 0.270. The van der Waals surface area contributed by atoms with E-state index in [0.717, 1.165) is 35.7 Å². The quantitative estimate of drug-likeness (QED) is 0.884. The topological polar surface area (TPSA) is 65.4 Å². The summed E-state index contributed by atoms with van der Waals surface area (Å²) in [7, 11) is 1.97. The first-order valence-corrected chi connectivity index (χ1v) is 8.36. The van der Waals surface area contributed by atoms with Gasteiger partial charge in [0, 0.05) is 25.9 Å². The maximum absolute atomic E-state index is 12.4. The van der Waals surface area contributed by atoms with E-state index < -0.39 is 0 Å². The molecule has 1 saturated carbocycles. The van der Waals surface area contributed by atoms with E-state index in [2.05, 4.69) is 10.3 Å². The van der Waals surface area contributed by atoms with Crippen LogP contribution >= 0.6 is 0 Å². The number of nitrogens with zero attached hydrogens (tertiary/aromatic N) is 2. The number of aryl methyl sites for hydroxylation is 2. The van der Waals surface area contributed by atoms with Crippen LogP contribution in [-0.4, -0.2) is 22.3 Å². The molecule has 6 nitrogen and oxygen atoms in total. The average molecular weight is 327 g/mol. The molecule has 0 radical (unpaired) electrons. The molecule has 0 saturated heterocycles. The van der Waals surface area contributed by atoms with Gasteiger partial charge in [0.15, 0.2) is 11.5 Å². The number of fused-ring (bicyclic) bond motifs is 1. The van der Waals surface area contributed by atoms with Gasteiger partial charge in [0.05, 0.1) is 6.04 Å². The Labute approximate surface area is 140 Å². The lowest BCUT2D eigenvalue weighted by atomic mass is 10.1. The molecule has 1 aromatic heterocycles. The molecular weight excluding hydrogens is 306 g/mol. The summed E-state index contributed by atoms with van der Waals surface area (Å²) in [6, 6.07) is 5.86. The van der Waals surface area contributed by atoms with Crippen molar-refractivity contribution in [2.75, 3.05) is 6.79 Å². The van der Waals surface area contributed by atoms with Crippen LogP contribution in [0.3, 0.4) is 0 Å². The molecule has 1 aliphatic carbocycles. The van der Waals surface area contributed by atoms with Gasteiger partial charge >= 0.3 is 0 Å². The second-order valence-electron chi connectivity index (χ2n) is 6.47. The molecule has 1 amide bonds. The van der Waals surface area contributed by atoms with E-state index in [9.17, 15) is 4.79 Å². The zero-order valence-electron chi connectivity index (χ0n) is 13.7.